The predicted molar refractivity (Wildman–Crippen MR) is 210 cm³/mol. The Balaban J connectivity index is 0.00000225. The van der Waals surface area contributed by atoms with Crippen molar-refractivity contribution in [3.05, 3.63) is 129 Å². The van der Waals surface area contributed by atoms with Crippen LogP contribution in [0.5, 0.6) is 0 Å². The molecule has 0 fully saturated rings. The molecule has 0 aromatic heterocycles. The molecule has 0 nitrogen and oxygen atoms in total. The molecule has 0 saturated carbocycles. The van der Waals surface area contributed by atoms with E-state index >= 15 is 0 Å². The molecule has 2 atom stereocenters. The Morgan fingerprint density at radius 1 is 0.531 bits per heavy atom. The molecule has 4 aromatic carbocycles. The first-order valence-electron chi connectivity index (χ1n) is 18.1. The SMILES string of the molecule is CCCC1=Cc2c(-c3ccc(C(C)(C)C)cc3)cccc2C1C[Si]CC1C(CCC)=Cc2c(-c3ccc(C(C)(C)C)cc3)cccc21.[H-].[H-].[Li+].[Li+]. The third kappa shape index (κ3) is 8.47. The average molecular weight is 651 g/mol. The van der Waals surface area contributed by atoms with Crippen molar-refractivity contribution in [2.75, 3.05) is 0 Å². The van der Waals surface area contributed by atoms with Crippen LogP contribution >= 0.6 is 0 Å². The average Bonchev–Trinajstić information content (AvgIpc) is 3.58. The van der Waals surface area contributed by atoms with Crippen molar-refractivity contribution < 1.29 is 40.6 Å². The van der Waals surface area contributed by atoms with Gasteiger partial charge in [0, 0.05) is 21.4 Å². The van der Waals surface area contributed by atoms with Gasteiger partial charge in [-0.25, -0.2) is 0 Å². The summed E-state index contributed by atoms with van der Waals surface area (Å²) in [6, 6.07) is 35.3. The zero-order chi connectivity index (χ0) is 33.3. The van der Waals surface area contributed by atoms with E-state index in [1.165, 1.54) is 82.3 Å². The molecule has 2 aliphatic carbocycles. The van der Waals surface area contributed by atoms with Crippen LogP contribution in [0.4, 0.5) is 0 Å². The maximum Gasteiger partial charge on any atom is 1.00 e. The fourth-order valence-electron chi connectivity index (χ4n) is 7.79. The van der Waals surface area contributed by atoms with E-state index < -0.39 is 0 Å². The molecule has 3 heteroatoms. The minimum Gasteiger partial charge on any atom is -1.00 e. The van der Waals surface area contributed by atoms with E-state index in [9.17, 15) is 0 Å². The summed E-state index contributed by atoms with van der Waals surface area (Å²) in [6.45, 7) is 18.4. The van der Waals surface area contributed by atoms with Crippen LogP contribution in [-0.4, -0.2) is 9.52 Å². The Bertz CT molecular complexity index is 1660. The molecule has 0 amide bonds. The van der Waals surface area contributed by atoms with E-state index in [2.05, 4.69) is 152 Å². The van der Waals surface area contributed by atoms with Gasteiger partial charge < -0.3 is 2.85 Å². The normalized spacial score (nSPS) is 16.7. The molecule has 2 radical (unpaired) electrons. The van der Waals surface area contributed by atoms with Crippen LogP contribution in [0.2, 0.25) is 12.1 Å². The van der Waals surface area contributed by atoms with Crippen LogP contribution in [0.3, 0.4) is 0 Å². The standard InChI is InChI=1S/C46H54Si.2Li.2H/c1-9-13-33-27-41-37(31-19-23-35(24-20-31)45(3,4)5)15-11-17-39(41)43(33)29-47-30-44-34(14-10-2)28-42-38(16-12-18-40(42)44)32-21-25-36(26-22-32)46(6,7)8;;;;/h11-12,15-28,43-44H,9-10,13-14,29-30H2,1-8H3;;;;/q;2*+1;2*-1. The number of hydrogen-bond acceptors (Lipinski definition) is 0. The molecule has 6 rings (SSSR count). The van der Waals surface area contributed by atoms with E-state index in [-0.39, 0.29) is 51.4 Å². The summed E-state index contributed by atoms with van der Waals surface area (Å²) in [7, 11) is 0.933. The smallest absolute Gasteiger partial charge is 1.00 e. The molecule has 4 aromatic rings. The fraction of sp³-hybridized carbons (Fsp3) is 0.391. The van der Waals surface area contributed by atoms with Crippen LogP contribution in [-0.2, 0) is 10.8 Å². The molecule has 0 bridgehead atoms. The first-order chi connectivity index (χ1) is 22.5. The minimum absolute atomic E-state index is 0. The van der Waals surface area contributed by atoms with Gasteiger partial charge in [0.25, 0.3) is 0 Å². The molecular formula is C46H56Li2Si. The quantitative estimate of drug-likeness (QED) is 0.155. The molecule has 0 spiro atoms. The Morgan fingerprint density at radius 3 is 1.22 bits per heavy atom. The van der Waals surface area contributed by atoms with Crippen LogP contribution in [0.15, 0.2) is 96.1 Å². The number of benzene rings is 4. The van der Waals surface area contributed by atoms with Gasteiger partial charge in [-0.2, -0.15) is 0 Å². The second-order valence-electron chi connectivity index (χ2n) is 16.0. The van der Waals surface area contributed by atoms with E-state index in [4.69, 9.17) is 0 Å². The summed E-state index contributed by atoms with van der Waals surface area (Å²) in [6.07, 6.45) is 9.91. The Hall–Kier alpha value is -2.23. The third-order valence-electron chi connectivity index (χ3n) is 10.5. The largest absolute Gasteiger partial charge is 1.00 e. The second-order valence-corrected chi connectivity index (χ2v) is 17.3. The first-order valence-corrected chi connectivity index (χ1v) is 19.5. The Kier molecular flexibility index (Phi) is 13.2. The first kappa shape index (κ1) is 39.6. The van der Waals surface area contributed by atoms with Crippen molar-refractivity contribution in [2.45, 2.75) is 116 Å². The Labute approximate surface area is 327 Å². The number of hydrogen-bond donors (Lipinski definition) is 0. The van der Waals surface area contributed by atoms with Crippen molar-refractivity contribution in [1.29, 1.82) is 0 Å². The van der Waals surface area contributed by atoms with Crippen molar-refractivity contribution in [1.82, 2.24) is 0 Å². The van der Waals surface area contributed by atoms with Gasteiger partial charge in [0.1, 0.15) is 0 Å². The van der Waals surface area contributed by atoms with Gasteiger partial charge in [-0.3, -0.25) is 0 Å². The minimum atomic E-state index is 0. The summed E-state index contributed by atoms with van der Waals surface area (Å²) >= 11 is 0. The molecule has 2 unspecified atom stereocenters. The van der Waals surface area contributed by atoms with Gasteiger partial charge in [-0.1, -0.05) is 189 Å². The molecular weight excluding hydrogens is 594 g/mol. The third-order valence-corrected chi connectivity index (χ3v) is 11.9. The maximum absolute atomic E-state index is 2.56. The second kappa shape index (κ2) is 16.4. The van der Waals surface area contributed by atoms with Crippen molar-refractivity contribution in [3.63, 3.8) is 0 Å². The number of allylic oxidation sites excluding steroid dienone is 2. The molecule has 0 heterocycles. The maximum atomic E-state index is 2.56. The summed E-state index contributed by atoms with van der Waals surface area (Å²) in [5, 5.41) is 0. The zero-order valence-corrected chi connectivity index (χ0v) is 33.1. The molecule has 0 saturated heterocycles. The molecule has 2 aliphatic rings. The van der Waals surface area contributed by atoms with Gasteiger partial charge in [0.05, 0.1) is 0 Å². The fourth-order valence-corrected chi connectivity index (χ4v) is 9.50. The zero-order valence-electron chi connectivity index (χ0n) is 34.1. The van der Waals surface area contributed by atoms with E-state index in [0.717, 1.165) is 9.52 Å². The van der Waals surface area contributed by atoms with Gasteiger partial charge >= 0.3 is 37.7 Å². The Morgan fingerprint density at radius 2 is 0.898 bits per heavy atom. The van der Waals surface area contributed by atoms with E-state index in [1.54, 1.807) is 22.3 Å². The van der Waals surface area contributed by atoms with Crippen LogP contribution < -0.4 is 37.7 Å². The molecule has 246 valence electrons. The monoisotopic (exact) mass is 650 g/mol. The van der Waals surface area contributed by atoms with Crippen molar-refractivity contribution in [2.24, 2.45) is 0 Å². The van der Waals surface area contributed by atoms with Gasteiger partial charge in [0.15, 0.2) is 0 Å². The topological polar surface area (TPSA) is 0 Å². The molecule has 0 aliphatic heterocycles. The van der Waals surface area contributed by atoms with Gasteiger partial charge in [-0.05, 0) is 79.3 Å². The van der Waals surface area contributed by atoms with Crippen LogP contribution in [0.1, 0.15) is 129 Å². The number of rotatable bonds is 10. The van der Waals surface area contributed by atoms with Crippen LogP contribution in [0.25, 0.3) is 34.4 Å². The van der Waals surface area contributed by atoms with Crippen LogP contribution in [0, 0.1) is 0 Å². The van der Waals surface area contributed by atoms with Gasteiger partial charge in [-0.15, -0.1) is 0 Å². The van der Waals surface area contributed by atoms with E-state index in [1.807, 2.05) is 0 Å². The van der Waals surface area contributed by atoms with E-state index in [0.29, 0.717) is 11.8 Å². The molecule has 49 heavy (non-hydrogen) atoms. The van der Waals surface area contributed by atoms with Crippen molar-refractivity contribution in [3.8, 4) is 22.3 Å². The molecule has 0 N–H and O–H groups in total. The van der Waals surface area contributed by atoms with Crippen molar-refractivity contribution >= 4 is 21.7 Å². The summed E-state index contributed by atoms with van der Waals surface area (Å²) < 4.78 is 0. The van der Waals surface area contributed by atoms with Gasteiger partial charge in [0.2, 0.25) is 0 Å². The number of fused-ring (bicyclic) bond motifs is 2. The summed E-state index contributed by atoms with van der Waals surface area (Å²) in [5.41, 5.74) is 17.9. The predicted octanol–water partition coefficient (Wildman–Crippen LogP) is 7.65. The summed E-state index contributed by atoms with van der Waals surface area (Å²) in [4.78, 5) is 0. The summed E-state index contributed by atoms with van der Waals surface area (Å²) in [5.74, 6) is 1.09.